The van der Waals surface area contributed by atoms with E-state index in [-0.39, 0.29) is 44.0 Å². The Bertz CT molecular complexity index is 1030. The molecule has 33 heavy (non-hydrogen) atoms. The van der Waals surface area contributed by atoms with E-state index in [0.717, 1.165) is 22.3 Å². The van der Waals surface area contributed by atoms with Crippen LogP contribution in [0.15, 0.2) is 48.5 Å². The number of likely N-dealkylation sites (tertiary alicyclic amines) is 1. The Labute approximate surface area is 193 Å². The number of alkyl carbamates (subject to hydrolysis) is 1. The average Bonchev–Trinajstić information content (AvgIpc) is 3.09. The number of benzene rings is 2. The maximum Gasteiger partial charge on any atom is 0.407 e. The number of carbonyl (C=O) groups excluding carboxylic acids is 2. The van der Waals surface area contributed by atoms with E-state index in [9.17, 15) is 19.5 Å². The molecule has 2 amide bonds. The molecule has 0 spiro atoms. The molecular formula is C26H30N2O5. The number of aliphatic carboxylic acids is 1. The standard InChI is InChI=1S/C26H30N2O5/c1-16(2)21(23(29)28-14-26(3,15-28)24(30)31)12-27-25(32)33-13-22-19-10-6-4-8-17(19)18-9-5-7-11-20(18)22/h4-11,16,21-22H,12-15H2,1-3H3,(H,27,32)(H,30,31). The molecule has 7 heteroatoms. The first kappa shape index (κ1) is 22.8. The summed E-state index contributed by atoms with van der Waals surface area (Å²) in [4.78, 5) is 38.2. The molecule has 7 nitrogen and oxygen atoms in total. The van der Waals surface area contributed by atoms with Crippen molar-refractivity contribution in [3.63, 3.8) is 0 Å². The van der Waals surface area contributed by atoms with E-state index in [1.54, 1.807) is 11.8 Å². The Hall–Kier alpha value is -3.35. The third-order valence-electron chi connectivity index (χ3n) is 6.84. The summed E-state index contributed by atoms with van der Waals surface area (Å²) in [5, 5.41) is 12.0. The Morgan fingerprint density at radius 1 is 1.06 bits per heavy atom. The van der Waals surface area contributed by atoms with Gasteiger partial charge in [-0.05, 0) is 35.1 Å². The molecular weight excluding hydrogens is 420 g/mol. The first-order valence-electron chi connectivity index (χ1n) is 11.3. The predicted octanol–water partition coefficient (Wildman–Crippen LogP) is 3.73. The van der Waals surface area contributed by atoms with Gasteiger partial charge in [0.2, 0.25) is 5.91 Å². The number of nitrogens with one attached hydrogen (secondary N) is 1. The molecule has 2 aliphatic rings. The van der Waals surface area contributed by atoms with Gasteiger partial charge in [0, 0.05) is 25.6 Å². The fourth-order valence-corrected chi connectivity index (χ4v) is 4.77. The van der Waals surface area contributed by atoms with Gasteiger partial charge in [-0.15, -0.1) is 0 Å². The molecule has 0 aromatic heterocycles. The second-order valence-electron chi connectivity index (χ2n) is 9.62. The molecule has 4 rings (SSSR count). The second-order valence-corrected chi connectivity index (χ2v) is 9.62. The molecule has 1 atom stereocenters. The van der Waals surface area contributed by atoms with Crippen LogP contribution in [0.5, 0.6) is 0 Å². The van der Waals surface area contributed by atoms with Gasteiger partial charge in [0.25, 0.3) is 0 Å². The zero-order valence-electron chi connectivity index (χ0n) is 19.2. The minimum atomic E-state index is -0.899. The van der Waals surface area contributed by atoms with Crippen LogP contribution in [0.2, 0.25) is 0 Å². The highest BCUT2D eigenvalue weighted by Gasteiger charge is 2.48. The third-order valence-corrected chi connectivity index (χ3v) is 6.84. The molecule has 1 aliphatic carbocycles. The molecule has 1 unspecified atom stereocenters. The van der Waals surface area contributed by atoms with E-state index in [1.165, 1.54) is 0 Å². The molecule has 0 saturated carbocycles. The Morgan fingerprint density at radius 3 is 2.12 bits per heavy atom. The maximum absolute atomic E-state index is 12.9. The Kier molecular flexibility index (Phi) is 6.15. The number of carbonyl (C=O) groups is 3. The molecule has 1 aliphatic heterocycles. The van der Waals surface area contributed by atoms with E-state index in [1.807, 2.05) is 38.1 Å². The van der Waals surface area contributed by atoms with Crippen molar-refractivity contribution in [1.29, 1.82) is 0 Å². The largest absolute Gasteiger partial charge is 0.481 e. The van der Waals surface area contributed by atoms with Crippen molar-refractivity contribution in [2.45, 2.75) is 26.7 Å². The Balaban J connectivity index is 1.33. The van der Waals surface area contributed by atoms with Crippen molar-refractivity contribution in [2.75, 3.05) is 26.2 Å². The molecule has 2 aromatic carbocycles. The molecule has 174 valence electrons. The fraction of sp³-hybridized carbons (Fsp3) is 0.423. The number of fused-ring (bicyclic) bond motifs is 3. The van der Waals surface area contributed by atoms with Crippen LogP contribution in [0.25, 0.3) is 11.1 Å². The molecule has 0 bridgehead atoms. The van der Waals surface area contributed by atoms with Gasteiger partial charge in [-0.25, -0.2) is 4.79 Å². The number of ether oxygens (including phenoxy) is 1. The van der Waals surface area contributed by atoms with Gasteiger partial charge in [-0.1, -0.05) is 62.4 Å². The van der Waals surface area contributed by atoms with E-state index in [2.05, 4.69) is 29.6 Å². The average molecular weight is 451 g/mol. The van der Waals surface area contributed by atoms with Gasteiger partial charge in [-0.2, -0.15) is 0 Å². The van der Waals surface area contributed by atoms with Crippen LogP contribution in [0.4, 0.5) is 4.79 Å². The second kappa shape index (κ2) is 8.89. The quantitative estimate of drug-likeness (QED) is 0.670. The summed E-state index contributed by atoms with van der Waals surface area (Å²) in [7, 11) is 0. The zero-order valence-corrected chi connectivity index (χ0v) is 19.2. The van der Waals surface area contributed by atoms with Crippen molar-refractivity contribution in [3.05, 3.63) is 59.7 Å². The van der Waals surface area contributed by atoms with Crippen LogP contribution in [-0.4, -0.2) is 54.2 Å². The van der Waals surface area contributed by atoms with Crippen molar-refractivity contribution >= 4 is 18.0 Å². The maximum atomic E-state index is 12.9. The number of carboxylic acid groups (broad SMARTS) is 1. The van der Waals surface area contributed by atoms with Gasteiger partial charge in [0.1, 0.15) is 6.61 Å². The number of nitrogens with zero attached hydrogens (tertiary/aromatic N) is 1. The summed E-state index contributed by atoms with van der Waals surface area (Å²) in [6.45, 7) is 6.20. The highest BCUT2D eigenvalue weighted by molar-refractivity contribution is 5.85. The smallest absolute Gasteiger partial charge is 0.407 e. The van der Waals surface area contributed by atoms with Crippen LogP contribution < -0.4 is 5.32 Å². The highest BCUT2D eigenvalue weighted by atomic mass is 16.5. The summed E-state index contributed by atoms with van der Waals surface area (Å²) in [6, 6.07) is 16.3. The van der Waals surface area contributed by atoms with Gasteiger partial charge in [0.15, 0.2) is 0 Å². The predicted molar refractivity (Wildman–Crippen MR) is 124 cm³/mol. The highest BCUT2D eigenvalue weighted by Crippen LogP contribution is 2.44. The van der Waals surface area contributed by atoms with Crippen molar-refractivity contribution in [1.82, 2.24) is 10.2 Å². The van der Waals surface area contributed by atoms with Crippen molar-refractivity contribution in [3.8, 4) is 11.1 Å². The number of hydrogen-bond acceptors (Lipinski definition) is 4. The lowest BCUT2D eigenvalue weighted by Crippen LogP contribution is -2.62. The minimum absolute atomic E-state index is 0.0110. The monoisotopic (exact) mass is 450 g/mol. The molecule has 1 fully saturated rings. The van der Waals surface area contributed by atoms with Gasteiger partial charge >= 0.3 is 12.1 Å². The fourth-order valence-electron chi connectivity index (χ4n) is 4.77. The third kappa shape index (κ3) is 4.32. The molecule has 1 heterocycles. The number of amides is 2. The van der Waals surface area contributed by atoms with Crippen LogP contribution in [0.1, 0.15) is 37.8 Å². The number of hydrogen-bond donors (Lipinski definition) is 2. The Morgan fingerprint density at radius 2 is 1.61 bits per heavy atom. The van der Waals surface area contributed by atoms with Crippen LogP contribution >= 0.6 is 0 Å². The van der Waals surface area contributed by atoms with E-state index in [4.69, 9.17) is 4.74 Å². The van der Waals surface area contributed by atoms with E-state index in [0.29, 0.717) is 0 Å². The lowest BCUT2D eigenvalue weighted by atomic mass is 9.80. The van der Waals surface area contributed by atoms with Crippen LogP contribution in [0, 0.1) is 17.3 Å². The first-order valence-corrected chi connectivity index (χ1v) is 11.3. The topological polar surface area (TPSA) is 95.9 Å². The molecule has 2 N–H and O–H groups in total. The van der Waals surface area contributed by atoms with Crippen molar-refractivity contribution < 1.29 is 24.2 Å². The molecule has 0 radical (unpaired) electrons. The number of carboxylic acids is 1. The molecule has 1 saturated heterocycles. The van der Waals surface area contributed by atoms with Crippen LogP contribution in [0.3, 0.4) is 0 Å². The summed E-state index contributed by atoms with van der Waals surface area (Å²) < 4.78 is 5.56. The van der Waals surface area contributed by atoms with Crippen LogP contribution in [-0.2, 0) is 14.3 Å². The summed E-state index contributed by atoms with van der Waals surface area (Å²) in [5.74, 6) is -1.51. The first-order chi connectivity index (χ1) is 15.7. The van der Waals surface area contributed by atoms with Gasteiger partial charge < -0.3 is 20.1 Å². The lowest BCUT2D eigenvalue weighted by Gasteiger charge is -2.46. The lowest BCUT2D eigenvalue weighted by molar-refractivity contribution is -0.166. The van der Waals surface area contributed by atoms with E-state index < -0.39 is 23.4 Å². The van der Waals surface area contributed by atoms with Gasteiger partial charge in [0.05, 0.1) is 11.3 Å². The van der Waals surface area contributed by atoms with Crippen molar-refractivity contribution in [2.24, 2.45) is 17.3 Å². The minimum Gasteiger partial charge on any atom is -0.481 e. The number of rotatable bonds is 7. The SMILES string of the molecule is CC(C)C(CNC(=O)OCC1c2ccccc2-c2ccccc21)C(=O)N1CC(C)(C(=O)O)C1. The summed E-state index contributed by atoms with van der Waals surface area (Å²) >= 11 is 0. The van der Waals surface area contributed by atoms with Gasteiger partial charge in [-0.3, -0.25) is 9.59 Å². The zero-order chi connectivity index (χ0) is 23.8. The van der Waals surface area contributed by atoms with E-state index >= 15 is 0 Å². The molecule has 2 aromatic rings. The normalized spacial score (nSPS) is 17.0. The summed E-state index contributed by atoms with van der Waals surface area (Å²) in [6.07, 6.45) is -0.561. The summed E-state index contributed by atoms with van der Waals surface area (Å²) in [5.41, 5.74) is 3.71.